The van der Waals surface area contributed by atoms with Crippen molar-refractivity contribution in [3.63, 3.8) is 0 Å². The molecule has 17 heteroatoms. The first-order chi connectivity index (χ1) is 23.3. The molecule has 0 aromatic heterocycles. The Morgan fingerprint density at radius 2 is 1.42 bits per heavy atom. The van der Waals surface area contributed by atoms with E-state index in [1.54, 1.807) is 19.1 Å². The first kappa shape index (κ1) is 40.7. The number of carbonyl (C=O) groups is 4. The molecule has 3 atom stereocenters. The summed E-state index contributed by atoms with van der Waals surface area (Å²) >= 11 is 0. The summed E-state index contributed by atoms with van der Waals surface area (Å²) in [5.41, 5.74) is 10.6. The molecule has 4 rings (SSSR count). The third-order valence-corrected chi connectivity index (χ3v) is 7.15. The SMILES string of the molecule is C[C@H](NC(=O)[C@H]1C[C@@H](c2cccc(-c3ccccc3)c2)CCN1)C(=O)NCc1ccc(C(=N)N)cc1.O=C(O)C(F)(F)F.O=C(O)C(F)(F)F. The van der Waals surface area contributed by atoms with Crippen molar-refractivity contribution in [3.8, 4) is 11.1 Å². The second-order valence-electron chi connectivity index (χ2n) is 10.9. The zero-order valence-electron chi connectivity index (χ0n) is 26.4. The van der Waals surface area contributed by atoms with E-state index in [1.165, 1.54) is 16.7 Å². The van der Waals surface area contributed by atoms with Gasteiger partial charge >= 0.3 is 24.3 Å². The van der Waals surface area contributed by atoms with Gasteiger partial charge in [-0.05, 0) is 54.5 Å². The number of carboxylic acid groups (broad SMARTS) is 2. The third kappa shape index (κ3) is 13.6. The number of amides is 2. The predicted octanol–water partition coefficient (Wildman–Crippen LogP) is 4.56. The number of rotatable bonds is 8. The fourth-order valence-corrected chi connectivity index (χ4v) is 4.55. The highest BCUT2D eigenvalue weighted by atomic mass is 19.4. The fraction of sp³-hybridized carbons (Fsp3) is 0.303. The Kier molecular flexibility index (Phi) is 14.9. The lowest BCUT2D eigenvalue weighted by Gasteiger charge is -2.30. The van der Waals surface area contributed by atoms with Gasteiger partial charge in [-0.15, -0.1) is 0 Å². The Bertz CT molecular complexity index is 1590. The van der Waals surface area contributed by atoms with E-state index in [0.717, 1.165) is 18.5 Å². The van der Waals surface area contributed by atoms with Crippen molar-refractivity contribution in [1.82, 2.24) is 16.0 Å². The summed E-state index contributed by atoms with van der Waals surface area (Å²) in [6.45, 7) is 2.77. The molecule has 0 bridgehead atoms. The number of carboxylic acids is 2. The second-order valence-corrected chi connectivity index (χ2v) is 10.9. The Morgan fingerprint density at radius 1 is 0.880 bits per heavy atom. The number of hydrogen-bond acceptors (Lipinski definition) is 6. The van der Waals surface area contributed by atoms with Gasteiger partial charge in [0.2, 0.25) is 11.8 Å². The smallest absolute Gasteiger partial charge is 0.475 e. The molecule has 50 heavy (non-hydrogen) atoms. The van der Waals surface area contributed by atoms with E-state index in [4.69, 9.17) is 30.9 Å². The highest BCUT2D eigenvalue weighted by Gasteiger charge is 2.39. The van der Waals surface area contributed by atoms with Crippen molar-refractivity contribution in [2.45, 2.75) is 56.7 Å². The lowest BCUT2D eigenvalue weighted by Crippen LogP contribution is -2.53. The van der Waals surface area contributed by atoms with Crippen LogP contribution in [0.2, 0.25) is 0 Å². The molecular formula is C33H35F6N5O6. The molecule has 3 aromatic rings. The summed E-state index contributed by atoms with van der Waals surface area (Å²) in [4.78, 5) is 43.3. The molecular weight excluding hydrogens is 676 g/mol. The molecule has 8 N–H and O–H groups in total. The van der Waals surface area contributed by atoms with Crippen LogP contribution in [0.3, 0.4) is 0 Å². The van der Waals surface area contributed by atoms with Crippen LogP contribution in [-0.2, 0) is 25.7 Å². The maximum Gasteiger partial charge on any atom is 0.490 e. The van der Waals surface area contributed by atoms with E-state index in [1.807, 2.05) is 30.3 Å². The minimum atomic E-state index is -5.08. The van der Waals surface area contributed by atoms with Gasteiger partial charge in [0.15, 0.2) is 0 Å². The molecule has 1 saturated heterocycles. The summed E-state index contributed by atoms with van der Waals surface area (Å²) in [6.07, 6.45) is -8.53. The third-order valence-electron chi connectivity index (χ3n) is 7.15. The number of alkyl halides is 6. The van der Waals surface area contributed by atoms with Crippen LogP contribution in [0, 0.1) is 5.41 Å². The van der Waals surface area contributed by atoms with E-state index in [-0.39, 0.29) is 29.6 Å². The van der Waals surface area contributed by atoms with Crippen LogP contribution in [0.1, 0.15) is 42.4 Å². The summed E-state index contributed by atoms with van der Waals surface area (Å²) in [5.74, 6) is -5.65. The van der Waals surface area contributed by atoms with Crippen LogP contribution < -0.4 is 21.7 Å². The van der Waals surface area contributed by atoms with Crippen LogP contribution in [0.5, 0.6) is 0 Å². The molecule has 2 amide bonds. The number of amidine groups is 1. The number of nitrogens with two attached hydrogens (primary N) is 1. The number of hydrogen-bond donors (Lipinski definition) is 7. The molecule has 1 aliphatic rings. The molecule has 1 fully saturated rings. The number of aliphatic carboxylic acids is 2. The molecule has 270 valence electrons. The van der Waals surface area contributed by atoms with Gasteiger partial charge in [-0.3, -0.25) is 15.0 Å². The largest absolute Gasteiger partial charge is 0.490 e. The van der Waals surface area contributed by atoms with Gasteiger partial charge in [0.1, 0.15) is 11.9 Å². The summed E-state index contributed by atoms with van der Waals surface area (Å²) in [5, 5.41) is 30.7. The average Bonchev–Trinajstić information content (AvgIpc) is 3.07. The molecule has 0 aliphatic carbocycles. The second kappa shape index (κ2) is 18.4. The van der Waals surface area contributed by atoms with E-state index in [2.05, 4.69) is 52.3 Å². The van der Waals surface area contributed by atoms with Gasteiger partial charge in [0.05, 0.1) is 6.04 Å². The highest BCUT2D eigenvalue weighted by Crippen LogP contribution is 2.31. The average molecular weight is 712 g/mol. The Hall–Kier alpha value is -5.45. The summed E-state index contributed by atoms with van der Waals surface area (Å²) < 4.78 is 63.5. The molecule has 0 spiro atoms. The standard InChI is InChI=1S/C29H33N5O2.2C2HF3O2/c1-19(28(35)33-18-20-10-12-22(13-11-20)27(30)31)34-29(36)26-17-25(14-15-32-26)24-9-5-8-23(16-24)21-6-3-2-4-7-21;2*3-2(4,5)1(6)7/h2-13,16,19,25-26,32H,14-15,17-18H2,1H3,(H3,30,31)(H,33,35)(H,34,36);2*(H,6,7)/t19-,25-,26+;;/m0../s1. The maximum absolute atomic E-state index is 13.0. The first-order valence-electron chi connectivity index (χ1n) is 14.8. The van der Waals surface area contributed by atoms with Crippen molar-refractivity contribution in [2.75, 3.05) is 6.54 Å². The molecule has 11 nitrogen and oxygen atoms in total. The number of nitrogen functional groups attached to an aromatic ring is 1. The zero-order valence-corrected chi connectivity index (χ0v) is 26.4. The summed E-state index contributed by atoms with van der Waals surface area (Å²) in [6, 6.07) is 25.0. The molecule has 1 heterocycles. The lowest BCUT2D eigenvalue weighted by atomic mass is 9.85. The summed E-state index contributed by atoms with van der Waals surface area (Å²) in [7, 11) is 0. The topological polar surface area (TPSA) is 195 Å². The van der Waals surface area contributed by atoms with Gasteiger partial charge in [-0.2, -0.15) is 26.3 Å². The maximum atomic E-state index is 13.0. The molecule has 1 aliphatic heterocycles. The normalized spacial score (nSPS) is 16.2. The number of piperidine rings is 1. The highest BCUT2D eigenvalue weighted by molar-refractivity contribution is 5.95. The Labute approximate surface area is 282 Å². The quantitative estimate of drug-likeness (QED) is 0.100. The van der Waals surface area contributed by atoms with Crippen molar-refractivity contribution in [2.24, 2.45) is 5.73 Å². The zero-order chi connectivity index (χ0) is 37.6. The van der Waals surface area contributed by atoms with Crippen molar-refractivity contribution in [3.05, 3.63) is 95.6 Å². The minimum absolute atomic E-state index is 0.00406. The monoisotopic (exact) mass is 711 g/mol. The van der Waals surface area contributed by atoms with Gasteiger partial charge in [-0.1, -0.05) is 78.9 Å². The van der Waals surface area contributed by atoms with Crippen LogP contribution in [-0.4, -0.2) is 70.8 Å². The van der Waals surface area contributed by atoms with Crippen LogP contribution in [0.15, 0.2) is 78.9 Å². The molecule has 0 unspecified atom stereocenters. The number of benzene rings is 3. The van der Waals surface area contributed by atoms with Crippen LogP contribution in [0.4, 0.5) is 26.3 Å². The number of nitrogens with one attached hydrogen (secondary N) is 4. The van der Waals surface area contributed by atoms with E-state index >= 15 is 0 Å². The van der Waals surface area contributed by atoms with E-state index < -0.39 is 30.3 Å². The van der Waals surface area contributed by atoms with E-state index in [9.17, 15) is 35.9 Å². The number of carbonyl (C=O) groups excluding carboxylic acids is 2. The van der Waals surface area contributed by atoms with Crippen molar-refractivity contribution < 1.29 is 55.7 Å². The van der Waals surface area contributed by atoms with Gasteiger partial charge in [0, 0.05) is 12.1 Å². The van der Waals surface area contributed by atoms with Crippen LogP contribution in [0.25, 0.3) is 11.1 Å². The van der Waals surface area contributed by atoms with Gasteiger partial charge < -0.3 is 31.9 Å². The Balaban J connectivity index is 0.000000521. The van der Waals surface area contributed by atoms with Gasteiger partial charge in [0.25, 0.3) is 0 Å². The fourth-order valence-electron chi connectivity index (χ4n) is 4.55. The van der Waals surface area contributed by atoms with Crippen molar-refractivity contribution in [1.29, 1.82) is 5.41 Å². The molecule has 0 saturated carbocycles. The molecule has 3 aromatic carbocycles. The van der Waals surface area contributed by atoms with Gasteiger partial charge in [-0.25, -0.2) is 9.59 Å². The minimum Gasteiger partial charge on any atom is -0.475 e. The Morgan fingerprint density at radius 3 is 1.94 bits per heavy atom. The number of halogens is 6. The molecule has 0 radical (unpaired) electrons. The van der Waals surface area contributed by atoms with Crippen molar-refractivity contribution >= 4 is 29.6 Å². The predicted molar refractivity (Wildman–Crippen MR) is 170 cm³/mol. The first-order valence-corrected chi connectivity index (χ1v) is 14.8. The van der Waals surface area contributed by atoms with E-state index in [0.29, 0.717) is 18.5 Å². The van der Waals surface area contributed by atoms with Crippen LogP contribution >= 0.6 is 0 Å². The lowest BCUT2D eigenvalue weighted by molar-refractivity contribution is -0.193.